The van der Waals surface area contributed by atoms with Crippen LogP contribution in [-0.2, 0) is 19.1 Å². The lowest BCUT2D eigenvalue weighted by molar-refractivity contribution is -0.140. The molecule has 2 N–H and O–H groups in total. The second-order valence-electron chi connectivity index (χ2n) is 5.43. The monoisotopic (exact) mass is 378 g/mol. The van der Waals surface area contributed by atoms with Gasteiger partial charge in [-0.05, 0) is 12.5 Å². The zero-order valence-corrected chi connectivity index (χ0v) is 15.6. The first-order valence-corrected chi connectivity index (χ1v) is 9.39. The normalized spacial score (nSPS) is 16.5. The quantitative estimate of drug-likeness (QED) is 0.532. The highest BCUT2D eigenvalue weighted by atomic mass is 32.2. The molecule has 2 amide bonds. The van der Waals surface area contributed by atoms with Gasteiger partial charge in [-0.25, -0.2) is 9.59 Å². The van der Waals surface area contributed by atoms with Gasteiger partial charge in [-0.15, -0.1) is 0 Å². The van der Waals surface area contributed by atoms with Crippen LogP contribution in [-0.4, -0.2) is 43.2 Å². The van der Waals surface area contributed by atoms with E-state index in [4.69, 9.17) is 4.74 Å². The van der Waals surface area contributed by atoms with E-state index >= 15 is 0 Å². The van der Waals surface area contributed by atoms with Crippen molar-refractivity contribution < 1.29 is 23.9 Å². The van der Waals surface area contributed by atoms with Crippen LogP contribution in [0.3, 0.4) is 0 Å². The largest absolute Gasteiger partial charge is 0.469 e. The van der Waals surface area contributed by atoms with E-state index < -0.39 is 12.0 Å². The van der Waals surface area contributed by atoms with Crippen LogP contribution in [0.15, 0.2) is 41.6 Å². The van der Waals surface area contributed by atoms with Gasteiger partial charge in [0.1, 0.15) is 0 Å². The Balaban J connectivity index is 2.25. The number of rotatable bonds is 8. The van der Waals surface area contributed by atoms with E-state index in [0.717, 1.165) is 5.56 Å². The fourth-order valence-corrected chi connectivity index (χ4v) is 3.40. The summed E-state index contributed by atoms with van der Waals surface area (Å²) in [6.07, 6.45) is 0.261. The predicted molar refractivity (Wildman–Crippen MR) is 98.5 cm³/mol. The van der Waals surface area contributed by atoms with E-state index in [-0.39, 0.29) is 25.0 Å². The van der Waals surface area contributed by atoms with Gasteiger partial charge in [0.25, 0.3) is 0 Å². The van der Waals surface area contributed by atoms with E-state index in [2.05, 4.69) is 15.4 Å². The molecular weight excluding hydrogens is 356 g/mol. The lowest BCUT2D eigenvalue weighted by Crippen LogP contribution is -2.46. The number of esters is 2. The summed E-state index contributed by atoms with van der Waals surface area (Å²) in [5.74, 6) is 0.124. The van der Waals surface area contributed by atoms with Crippen LogP contribution < -0.4 is 10.6 Å². The van der Waals surface area contributed by atoms with E-state index in [1.165, 1.54) is 18.9 Å². The Morgan fingerprint density at radius 1 is 1.23 bits per heavy atom. The van der Waals surface area contributed by atoms with Gasteiger partial charge in [0.15, 0.2) is 0 Å². The van der Waals surface area contributed by atoms with Gasteiger partial charge >= 0.3 is 18.0 Å². The number of thioether (sulfide) groups is 1. The molecule has 1 aromatic rings. The van der Waals surface area contributed by atoms with Gasteiger partial charge in [0.05, 0.1) is 31.8 Å². The standard InChI is InChI=1S/C18H22N2O5S/c1-3-25-17(22)15-13(11-26-10-9-14(21)24-2)19-18(23)20-16(15)12-7-5-4-6-8-12/h4-8,16H,3,9-11H2,1-2H3,(H2,19,20,23)/t16-/m1/s1. The van der Waals surface area contributed by atoms with Gasteiger partial charge in [0.2, 0.25) is 0 Å². The van der Waals surface area contributed by atoms with Gasteiger partial charge < -0.3 is 20.1 Å². The minimum Gasteiger partial charge on any atom is -0.469 e. The molecule has 7 nitrogen and oxygen atoms in total. The molecule has 0 unspecified atom stereocenters. The van der Waals surface area contributed by atoms with Crippen LogP contribution in [0, 0.1) is 0 Å². The number of hydrogen-bond acceptors (Lipinski definition) is 6. The van der Waals surface area contributed by atoms with Crippen LogP contribution in [0.2, 0.25) is 0 Å². The van der Waals surface area contributed by atoms with Crippen molar-refractivity contribution in [2.24, 2.45) is 0 Å². The van der Waals surface area contributed by atoms with Crippen molar-refractivity contribution in [2.45, 2.75) is 19.4 Å². The van der Waals surface area contributed by atoms with E-state index in [9.17, 15) is 14.4 Å². The van der Waals surface area contributed by atoms with Crippen molar-refractivity contribution >= 4 is 29.7 Å². The fourth-order valence-electron chi connectivity index (χ4n) is 2.51. The topological polar surface area (TPSA) is 93.7 Å². The van der Waals surface area contributed by atoms with Crippen molar-refractivity contribution in [3.63, 3.8) is 0 Å². The van der Waals surface area contributed by atoms with E-state index in [0.29, 0.717) is 22.8 Å². The van der Waals surface area contributed by atoms with Crippen LogP contribution in [0.25, 0.3) is 0 Å². The summed E-state index contributed by atoms with van der Waals surface area (Å²) in [4.78, 5) is 35.8. The number of ether oxygens (including phenoxy) is 2. The molecule has 1 aliphatic heterocycles. The van der Waals surface area contributed by atoms with Crippen molar-refractivity contribution in [3.8, 4) is 0 Å². The average Bonchev–Trinajstić information content (AvgIpc) is 2.65. The zero-order chi connectivity index (χ0) is 18.9. The Labute approximate surface area is 156 Å². The van der Waals surface area contributed by atoms with Crippen LogP contribution in [0.1, 0.15) is 24.9 Å². The molecule has 0 radical (unpaired) electrons. The molecule has 1 aliphatic rings. The number of carbonyl (C=O) groups is 3. The highest BCUT2D eigenvalue weighted by molar-refractivity contribution is 7.99. The second kappa shape index (κ2) is 9.86. The fraction of sp³-hybridized carbons (Fsp3) is 0.389. The molecule has 8 heteroatoms. The minimum absolute atomic E-state index is 0.237. The molecule has 0 fully saturated rings. The average molecular weight is 378 g/mol. The third-order valence-electron chi connectivity index (χ3n) is 3.71. The predicted octanol–water partition coefficient (Wildman–Crippen LogP) is 2.15. The molecule has 26 heavy (non-hydrogen) atoms. The maximum atomic E-state index is 12.5. The Morgan fingerprint density at radius 3 is 2.62 bits per heavy atom. The smallest absolute Gasteiger partial charge is 0.338 e. The van der Waals surface area contributed by atoms with Gasteiger partial charge in [0, 0.05) is 17.2 Å². The number of amides is 2. The first-order valence-electron chi connectivity index (χ1n) is 8.24. The van der Waals surface area contributed by atoms with Crippen molar-refractivity contribution in [3.05, 3.63) is 47.2 Å². The molecular formula is C18H22N2O5S. The Hall–Kier alpha value is -2.48. The lowest BCUT2D eigenvalue weighted by atomic mass is 9.95. The lowest BCUT2D eigenvalue weighted by Gasteiger charge is -2.29. The van der Waals surface area contributed by atoms with E-state index in [1.807, 2.05) is 30.3 Å². The Morgan fingerprint density at radius 2 is 1.96 bits per heavy atom. The van der Waals surface area contributed by atoms with E-state index in [1.54, 1.807) is 6.92 Å². The van der Waals surface area contributed by atoms with Crippen molar-refractivity contribution in [2.75, 3.05) is 25.2 Å². The summed E-state index contributed by atoms with van der Waals surface area (Å²) in [5, 5.41) is 5.48. The number of hydrogen-bond donors (Lipinski definition) is 2. The number of nitrogens with one attached hydrogen (secondary N) is 2. The summed E-state index contributed by atoms with van der Waals surface area (Å²) < 4.78 is 9.80. The molecule has 0 saturated heterocycles. The van der Waals surface area contributed by atoms with Gasteiger partial charge in [-0.1, -0.05) is 30.3 Å². The SMILES string of the molecule is CCOC(=O)C1=C(CSCCC(=O)OC)NC(=O)N[C@@H]1c1ccccc1. The number of carbonyl (C=O) groups excluding carboxylic acids is 3. The summed E-state index contributed by atoms with van der Waals surface area (Å²) in [7, 11) is 1.34. The highest BCUT2D eigenvalue weighted by Gasteiger charge is 2.33. The van der Waals surface area contributed by atoms with Crippen molar-refractivity contribution in [1.82, 2.24) is 10.6 Å². The maximum absolute atomic E-state index is 12.5. The molecule has 0 spiro atoms. The molecule has 140 valence electrons. The summed E-state index contributed by atoms with van der Waals surface area (Å²) in [6.45, 7) is 1.97. The second-order valence-corrected chi connectivity index (χ2v) is 6.54. The highest BCUT2D eigenvalue weighted by Crippen LogP contribution is 2.29. The summed E-state index contributed by atoms with van der Waals surface area (Å²) >= 11 is 1.43. The summed E-state index contributed by atoms with van der Waals surface area (Å²) in [6, 6.07) is 8.28. The molecule has 0 aromatic heterocycles. The van der Waals surface area contributed by atoms with Crippen molar-refractivity contribution in [1.29, 1.82) is 0 Å². The molecule has 1 heterocycles. The van der Waals surface area contributed by atoms with Gasteiger partial charge in [-0.2, -0.15) is 11.8 Å². The first-order chi connectivity index (χ1) is 12.6. The summed E-state index contributed by atoms with van der Waals surface area (Å²) in [5.41, 5.74) is 1.67. The maximum Gasteiger partial charge on any atom is 0.338 e. The number of methoxy groups -OCH3 is 1. The Bertz CT molecular complexity index is 690. The number of benzene rings is 1. The molecule has 1 aromatic carbocycles. The minimum atomic E-state index is -0.583. The van der Waals surface area contributed by atoms with Crippen LogP contribution >= 0.6 is 11.8 Å². The third-order valence-corrected chi connectivity index (χ3v) is 4.69. The molecule has 0 bridgehead atoms. The molecule has 2 rings (SSSR count). The van der Waals surface area contributed by atoms with Crippen LogP contribution in [0.4, 0.5) is 4.79 Å². The Kier molecular flexibility index (Phi) is 7.53. The zero-order valence-electron chi connectivity index (χ0n) is 14.7. The third kappa shape index (κ3) is 5.26. The van der Waals surface area contributed by atoms with Gasteiger partial charge in [-0.3, -0.25) is 4.79 Å². The number of urea groups is 1. The first kappa shape index (κ1) is 19.8. The van der Waals surface area contributed by atoms with Crippen LogP contribution in [0.5, 0.6) is 0 Å². The molecule has 0 aliphatic carbocycles. The molecule has 1 atom stereocenters. The molecule has 0 saturated carbocycles.